The second-order valence-electron chi connectivity index (χ2n) is 28.0. The van der Waals surface area contributed by atoms with E-state index in [2.05, 4.69) is 137 Å². The van der Waals surface area contributed by atoms with Crippen molar-refractivity contribution in [1.82, 2.24) is 0 Å². The number of carbonyl (C=O) groups is 24. The lowest BCUT2D eigenvalue weighted by Crippen LogP contribution is -2.36. The topological polar surface area (TPSA) is 742 Å². The average molecular weight is 2000 g/mol. The molecule has 0 aromatic heterocycles. The molecule has 1 aliphatic carbocycles. The number of ether oxygens (including phenoxy) is 36. The average Bonchev–Trinajstić information content (AvgIpc) is 1.52. The third kappa shape index (κ3) is 36.2. The number of esters is 12. The van der Waals surface area contributed by atoms with Gasteiger partial charge in [-0.05, 0) is 102 Å². The van der Waals surface area contributed by atoms with Crippen LogP contribution in [0.2, 0.25) is 0 Å². The van der Waals surface area contributed by atoms with Crippen LogP contribution in [0.25, 0.3) is 0 Å². The van der Waals surface area contributed by atoms with E-state index in [-0.39, 0.29) is 129 Å². The number of cyclic esters (lactones) is 24. The fraction of sp³-hybridized carbons (Fsp3) is 0.525. The van der Waals surface area contributed by atoms with Gasteiger partial charge in [-0.3, -0.25) is 0 Å². The maximum Gasteiger partial charge on any atom is 0.509 e. The Hall–Kier alpha value is -17.3. The van der Waals surface area contributed by atoms with Crippen molar-refractivity contribution in [1.29, 1.82) is 0 Å². The molecule has 14 rings (SSSR count). The van der Waals surface area contributed by atoms with Crippen molar-refractivity contribution >= 4 is 145 Å². The monoisotopic (exact) mass is 2000 g/mol. The third-order valence-corrected chi connectivity index (χ3v) is 17.5. The van der Waals surface area contributed by atoms with E-state index in [4.69, 9.17) is 56.8 Å². The fourth-order valence-corrected chi connectivity index (χ4v) is 10.8. The first-order valence-corrected chi connectivity index (χ1v) is 40.6. The standard InChI is InChI=1S/C14H16O10.C14H10O10.C14H16O10.C14H14O10.C12H12O10.C12H10O10/c2*15-11(9-5-19-13(17)23-9)21-7-1-2-8(4-3-7)22-12(16)10-6-20-14(18)24-10;2*1-7(21-11(15)9-5-19-13(17)23-9)3-4-8(2)22-12(16)10-6-20-14(18)24-10;2*13-9(7-5-19-11(15)21-7)17-3-1-2-4-18-10(14)8-6-20-12(16)22-8/h7-10H,1-6H2;1-4,9-10H,5-6H2;3-4,7-10H,5-6H2,1-2H3;7-10H,5-6H2,1-2H3;1-2,7-8H,3-6H2;7-8H,3-6H2/b;;4-3+;;2-1+;. The number of hydrogen-bond acceptors (Lipinski definition) is 60. The molecule has 1 saturated carbocycles. The minimum absolute atomic E-state index is 0.0913. The molecule has 140 heavy (non-hydrogen) atoms. The molecule has 12 saturated heterocycles. The Balaban J connectivity index is 0.000000188. The summed E-state index contributed by atoms with van der Waals surface area (Å²) in [5.74, 6) is 1.30. The Labute approximate surface area is 781 Å². The molecule has 0 amide bonds. The molecule has 16 atom stereocenters. The molecular weight excluding hydrogens is 1920 g/mol. The first kappa shape index (κ1) is 106. The number of carbonyl (C=O) groups excluding carboxylic acids is 24. The summed E-state index contributed by atoms with van der Waals surface area (Å²) in [6.45, 7) is 3.11. The number of rotatable bonds is 28. The molecule has 16 unspecified atom stereocenters. The van der Waals surface area contributed by atoms with Gasteiger partial charge in [0.15, 0.2) is 25.4 Å². The van der Waals surface area contributed by atoms with Crippen LogP contribution < -0.4 is 9.47 Å². The van der Waals surface area contributed by atoms with Crippen molar-refractivity contribution in [2.45, 2.75) is 163 Å². The fourth-order valence-electron chi connectivity index (χ4n) is 10.8. The largest absolute Gasteiger partial charge is 0.509 e. The molecule has 12 aliphatic heterocycles. The van der Waals surface area contributed by atoms with Crippen LogP contribution in [0.4, 0.5) is 57.5 Å². The van der Waals surface area contributed by atoms with E-state index in [1.54, 1.807) is 13.8 Å². The summed E-state index contributed by atoms with van der Waals surface area (Å²) >= 11 is 0. The second-order valence-corrected chi connectivity index (χ2v) is 28.0. The first-order chi connectivity index (χ1) is 66.8. The Kier molecular flexibility index (Phi) is 40.4. The van der Waals surface area contributed by atoms with Gasteiger partial charge >= 0.3 is 145 Å². The molecule has 13 aliphatic rings. The molecule has 758 valence electrons. The van der Waals surface area contributed by atoms with Gasteiger partial charge in [-0.2, -0.15) is 0 Å². The van der Waals surface area contributed by atoms with Crippen LogP contribution in [-0.4, -0.2) is 361 Å². The van der Waals surface area contributed by atoms with Crippen molar-refractivity contribution in [3.63, 3.8) is 0 Å². The van der Waals surface area contributed by atoms with Gasteiger partial charge in [-0.15, -0.1) is 0 Å². The van der Waals surface area contributed by atoms with Crippen molar-refractivity contribution in [3.8, 4) is 35.2 Å². The van der Waals surface area contributed by atoms with Gasteiger partial charge in [0.05, 0.1) is 0 Å². The molecule has 13 fully saturated rings. The van der Waals surface area contributed by atoms with E-state index < -0.39 is 243 Å². The lowest BCUT2D eigenvalue weighted by atomic mass is 9.95. The zero-order valence-corrected chi connectivity index (χ0v) is 72.6. The highest BCUT2D eigenvalue weighted by Gasteiger charge is 2.44. The molecule has 1 aromatic carbocycles. The van der Waals surface area contributed by atoms with E-state index in [1.165, 1.54) is 62.4 Å². The number of hydrogen-bond donors (Lipinski definition) is 0. The summed E-state index contributed by atoms with van der Waals surface area (Å²) in [7, 11) is 0. The van der Waals surface area contributed by atoms with Gasteiger partial charge in [0.1, 0.15) is 128 Å². The lowest BCUT2D eigenvalue weighted by Gasteiger charge is -2.28. The predicted molar refractivity (Wildman–Crippen MR) is 410 cm³/mol. The number of benzene rings is 1. The van der Waals surface area contributed by atoms with Crippen LogP contribution in [0.3, 0.4) is 0 Å². The zero-order chi connectivity index (χ0) is 101. The smallest absolute Gasteiger partial charge is 0.460 e. The summed E-state index contributed by atoms with van der Waals surface area (Å²) in [4.78, 5) is 267. The van der Waals surface area contributed by atoms with Crippen LogP contribution in [0.1, 0.15) is 53.4 Å². The Bertz CT molecular complexity index is 4680. The summed E-state index contributed by atoms with van der Waals surface area (Å²) in [5.41, 5.74) is 0. The molecule has 0 N–H and O–H groups in total. The van der Waals surface area contributed by atoms with Gasteiger partial charge in [0, 0.05) is 0 Å². The Morgan fingerprint density at radius 3 is 0.679 bits per heavy atom. The van der Waals surface area contributed by atoms with Crippen LogP contribution in [0.5, 0.6) is 11.5 Å². The summed E-state index contributed by atoms with van der Waals surface area (Å²) < 4.78 is 168. The highest BCUT2D eigenvalue weighted by Crippen LogP contribution is 2.28. The van der Waals surface area contributed by atoms with E-state index >= 15 is 0 Å². The molecular formula is C80H78O60. The highest BCUT2D eigenvalue weighted by molar-refractivity contribution is 5.87. The van der Waals surface area contributed by atoms with E-state index in [1.807, 2.05) is 0 Å². The lowest BCUT2D eigenvalue weighted by molar-refractivity contribution is -0.166. The van der Waals surface area contributed by atoms with E-state index in [0.717, 1.165) is 0 Å². The van der Waals surface area contributed by atoms with Gasteiger partial charge in [0.2, 0.25) is 73.2 Å². The quantitative estimate of drug-likeness (QED) is 0.0357. The molecule has 12 heterocycles. The third-order valence-electron chi connectivity index (χ3n) is 17.5. The van der Waals surface area contributed by atoms with Gasteiger partial charge in [-0.1, -0.05) is 23.7 Å². The van der Waals surface area contributed by atoms with Gasteiger partial charge in [-0.25, -0.2) is 115 Å². The molecule has 0 bridgehead atoms. The van der Waals surface area contributed by atoms with Gasteiger partial charge < -0.3 is 171 Å². The molecule has 0 radical (unpaired) electrons. The molecule has 60 nitrogen and oxygen atoms in total. The van der Waals surface area contributed by atoms with Crippen molar-refractivity contribution < 1.29 is 286 Å². The molecule has 60 heteroatoms. The first-order valence-electron chi connectivity index (χ1n) is 40.6. The zero-order valence-electron chi connectivity index (χ0n) is 72.6. The van der Waals surface area contributed by atoms with Crippen LogP contribution in [0.15, 0.2) is 48.6 Å². The molecule has 0 spiro atoms. The van der Waals surface area contributed by atoms with E-state index in [0.29, 0.717) is 25.7 Å². The summed E-state index contributed by atoms with van der Waals surface area (Å²) in [5, 5.41) is 0. The second kappa shape index (κ2) is 53.1. The summed E-state index contributed by atoms with van der Waals surface area (Å²) in [6.07, 6.45) is -19.8. The maximum absolute atomic E-state index is 11.8. The normalized spacial score (nSPS) is 25.0. The molecule has 1 aromatic rings. The predicted octanol–water partition coefficient (Wildman–Crippen LogP) is 0.271. The Morgan fingerprint density at radius 1 is 0.271 bits per heavy atom. The maximum atomic E-state index is 11.8. The minimum Gasteiger partial charge on any atom is -0.460 e. The SMILES string of the molecule is CC(/C=C/C(C)OC(=O)C1COC(=O)O1)OC(=O)C1COC(=O)O1.CC(C#CC(C)OC(=O)C1COC(=O)O1)OC(=O)C1COC(=O)O1.O=C1OCC(C(=O)OC/C=C/COC(=O)C2COC(=O)O2)O1.O=C1OCC(C(=O)OC2CCC(OC(=O)C3COC(=O)O3)CC2)O1.O=C1OCC(C(=O)OCC#CCOC(=O)C2COC(=O)O2)O1.O=C1OCC(C(=O)Oc2ccc(OC(=O)C3COC(=O)O3)cc2)O1. The highest BCUT2D eigenvalue weighted by atomic mass is 16.8. The Morgan fingerprint density at radius 2 is 0.464 bits per heavy atom. The van der Waals surface area contributed by atoms with Crippen LogP contribution in [-0.2, 0) is 219 Å². The van der Waals surface area contributed by atoms with Crippen molar-refractivity contribution in [3.05, 3.63) is 48.6 Å². The van der Waals surface area contributed by atoms with Crippen LogP contribution in [0, 0.1) is 23.7 Å². The summed E-state index contributed by atoms with van der Waals surface area (Å²) in [6, 6.07) is 5.48. The van der Waals surface area contributed by atoms with Crippen molar-refractivity contribution in [2.24, 2.45) is 0 Å². The van der Waals surface area contributed by atoms with Crippen LogP contribution >= 0.6 is 0 Å². The van der Waals surface area contributed by atoms with E-state index in [9.17, 15) is 115 Å². The van der Waals surface area contributed by atoms with Gasteiger partial charge in [0.25, 0.3) is 0 Å². The van der Waals surface area contributed by atoms with Crippen molar-refractivity contribution in [2.75, 3.05) is 106 Å². The minimum atomic E-state index is -1.12.